The number of carbonyl (C=O) groups is 2. The van der Waals surface area contributed by atoms with E-state index in [-0.39, 0.29) is 24.0 Å². The van der Waals surface area contributed by atoms with Crippen molar-refractivity contribution in [2.45, 2.75) is 37.3 Å². The van der Waals surface area contributed by atoms with Crippen LogP contribution >= 0.6 is 0 Å². The predicted octanol–water partition coefficient (Wildman–Crippen LogP) is 1.77. The van der Waals surface area contributed by atoms with E-state index in [0.29, 0.717) is 0 Å². The van der Waals surface area contributed by atoms with Gasteiger partial charge >= 0.3 is 6.09 Å². The van der Waals surface area contributed by atoms with Crippen LogP contribution in [0.2, 0.25) is 0 Å². The number of carboxylic acid groups (broad SMARTS) is 1. The molecule has 2 amide bonds. The van der Waals surface area contributed by atoms with E-state index < -0.39 is 6.09 Å². The van der Waals surface area contributed by atoms with Crippen molar-refractivity contribution < 1.29 is 14.7 Å². The zero-order valence-electron chi connectivity index (χ0n) is 13.7. The van der Waals surface area contributed by atoms with Crippen molar-refractivity contribution in [3.8, 4) is 0 Å². The highest BCUT2D eigenvalue weighted by Crippen LogP contribution is 2.40. The Hall–Kier alpha value is -2.08. The van der Waals surface area contributed by atoms with Gasteiger partial charge in [0.1, 0.15) is 0 Å². The summed E-state index contributed by atoms with van der Waals surface area (Å²) in [5, 5.41) is 13.5. The number of benzene rings is 1. The molecule has 0 aliphatic heterocycles. The number of carbonyl (C=O) groups excluding carboxylic acids is 1. The second-order valence-electron chi connectivity index (χ2n) is 6.29. The lowest BCUT2D eigenvalue weighted by atomic mass is 9.74. The third-order valence-corrected chi connectivity index (χ3v) is 4.75. The summed E-state index contributed by atoms with van der Waals surface area (Å²) >= 11 is 0. The fraction of sp³-hybridized carbons (Fsp3) is 0.529. The zero-order valence-corrected chi connectivity index (χ0v) is 13.7. The van der Waals surface area contributed by atoms with E-state index in [0.717, 1.165) is 25.7 Å². The van der Waals surface area contributed by atoms with Crippen LogP contribution in [0.5, 0.6) is 0 Å². The molecule has 0 radical (unpaired) electrons. The lowest BCUT2D eigenvalue weighted by Gasteiger charge is -2.45. The van der Waals surface area contributed by atoms with Crippen LogP contribution in [-0.2, 0) is 10.3 Å². The molecule has 6 nitrogen and oxygen atoms in total. The molecule has 1 aliphatic carbocycles. The standard InChI is InChI=1S/C17H25N3O3/c1-20(2)17(13-6-4-3-5-7-13)10-8-14(9-11-17)19-15(21)12-18-16(22)23/h3-7,14,18H,8-12H2,1-2H3,(H,19,21)(H,22,23). The molecule has 0 unspecified atom stereocenters. The third kappa shape index (κ3) is 4.22. The summed E-state index contributed by atoms with van der Waals surface area (Å²) in [5.41, 5.74) is 1.31. The predicted molar refractivity (Wildman–Crippen MR) is 88.2 cm³/mol. The molecular weight excluding hydrogens is 294 g/mol. The van der Waals surface area contributed by atoms with Gasteiger partial charge in [0.2, 0.25) is 5.91 Å². The Morgan fingerprint density at radius 2 is 1.83 bits per heavy atom. The van der Waals surface area contributed by atoms with Gasteiger partial charge in [-0.1, -0.05) is 30.3 Å². The second-order valence-corrected chi connectivity index (χ2v) is 6.29. The lowest BCUT2D eigenvalue weighted by molar-refractivity contribution is -0.121. The maximum atomic E-state index is 11.7. The quantitative estimate of drug-likeness (QED) is 0.772. The first-order valence-corrected chi connectivity index (χ1v) is 7.93. The summed E-state index contributed by atoms with van der Waals surface area (Å²) in [4.78, 5) is 24.4. The molecule has 1 aliphatic rings. The molecule has 1 aromatic rings. The van der Waals surface area contributed by atoms with E-state index in [4.69, 9.17) is 5.11 Å². The van der Waals surface area contributed by atoms with Crippen LogP contribution in [0.1, 0.15) is 31.2 Å². The Morgan fingerprint density at radius 3 is 2.35 bits per heavy atom. The summed E-state index contributed by atoms with van der Waals surface area (Å²) in [5.74, 6) is -0.269. The van der Waals surface area contributed by atoms with Gasteiger partial charge in [-0.2, -0.15) is 0 Å². The number of hydrogen-bond acceptors (Lipinski definition) is 3. The molecule has 1 saturated carbocycles. The SMILES string of the molecule is CN(C)C1(c2ccccc2)CCC(NC(=O)CNC(=O)O)CC1. The molecular formula is C17H25N3O3. The zero-order chi connectivity index (χ0) is 16.9. The molecule has 3 N–H and O–H groups in total. The fourth-order valence-corrected chi connectivity index (χ4v) is 3.42. The minimum Gasteiger partial charge on any atom is -0.465 e. The molecule has 2 rings (SSSR count). The third-order valence-electron chi connectivity index (χ3n) is 4.75. The first-order chi connectivity index (χ1) is 10.9. The maximum absolute atomic E-state index is 11.7. The Labute approximate surface area is 136 Å². The van der Waals surface area contributed by atoms with Crippen molar-refractivity contribution in [2.24, 2.45) is 0 Å². The smallest absolute Gasteiger partial charge is 0.405 e. The van der Waals surface area contributed by atoms with Gasteiger partial charge in [0.05, 0.1) is 6.54 Å². The van der Waals surface area contributed by atoms with Gasteiger partial charge < -0.3 is 15.7 Å². The van der Waals surface area contributed by atoms with Gasteiger partial charge in [0.25, 0.3) is 0 Å². The molecule has 0 bridgehead atoms. The first-order valence-electron chi connectivity index (χ1n) is 7.93. The van der Waals surface area contributed by atoms with Crippen molar-refractivity contribution >= 4 is 12.0 Å². The van der Waals surface area contributed by atoms with E-state index in [1.54, 1.807) is 0 Å². The first kappa shape index (κ1) is 17.3. The number of amides is 2. The van der Waals surface area contributed by atoms with Crippen LogP contribution < -0.4 is 10.6 Å². The van der Waals surface area contributed by atoms with Crippen molar-refractivity contribution in [1.82, 2.24) is 15.5 Å². The topological polar surface area (TPSA) is 81.7 Å². The minimum absolute atomic E-state index is 0.00179. The van der Waals surface area contributed by atoms with E-state index in [1.807, 2.05) is 6.07 Å². The summed E-state index contributed by atoms with van der Waals surface area (Å²) in [6.07, 6.45) is 2.50. The van der Waals surface area contributed by atoms with Crippen LogP contribution in [0.3, 0.4) is 0 Å². The molecule has 0 aromatic heterocycles. The van der Waals surface area contributed by atoms with Crippen molar-refractivity contribution in [3.63, 3.8) is 0 Å². The van der Waals surface area contributed by atoms with Crippen molar-refractivity contribution in [3.05, 3.63) is 35.9 Å². The number of nitrogens with one attached hydrogen (secondary N) is 2. The highest BCUT2D eigenvalue weighted by molar-refractivity contribution is 5.81. The van der Waals surface area contributed by atoms with Crippen molar-refractivity contribution in [1.29, 1.82) is 0 Å². The molecule has 6 heteroatoms. The molecule has 0 spiro atoms. The van der Waals surface area contributed by atoms with Gasteiger partial charge in [-0.15, -0.1) is 0 Å². The van der Waals surface area contributed by atoms with Crippen LogP contribution in [0.25, 0.3) is 0 Å². The molecule has 126 valence electrons. The van der Waals surface area contributed by atoms with E-state index in [2.05, 4.69) is 53.9 Å². The summed E-state index contributed by atoms with van der Waals surface area (Å²) in [6.45, 7) is -0.191. The largest absolute Gasteiger partial charge is 0.465 e. The fourth-order valence-electron chi connectivity index (χ4n) is 3.42. The highest BCUT2D eigenvalue weighted by atomic mass is 16.4. The molecule has 0 atom stereocenters. The second kappa shape index (κ2) is 7.46. The van der Waals surface area contributed by atoms with Gasteiger partial charge in [-0.3, -0.25) is 9.69 Å². The van der Waals surface area contributed by atoms with Gasteiger partial charge in [-0.05, 0) is 45.3 Å². The van der Waals surface area contributed by atoms with Crippen LogP contribution in [0.4, 0.5) is 4.79 Å². The van der Waals surface area contributed by atoms with Gasteiger partial charge in [-0.25, -0.2) is 4.79 Å². The van der Waals surface area contributed by atoms with E-state index in [9.17, 15) is 9.59 Å². The van der Waals surface area contributed by atoms with Gasteiger partial charge in [0.15, 0.2) is 0 Å². The lowest BCUT2D eigenvalue weighted by Crippen LogP contribution is -2.49. The Balaban J connectivity index is 1.95. The number of hydrogen-bond donors (Lipinski definition) is 3. The number of rotatable bonds is 5. The molecule has 1 fully saturated rings. The Morgan fingerprint density at radius 1 is 1.22 bits per heavy atom. The molecule has 23 heavy (non-hydrogen) atoms. The van der Waals surface area contributed by atoms with Crippen LogP contribution in [0, 0.1) is 0 Å². The summed E-state index contributed by atoms with van der Waals surface area (Å²) < 4.78 is 0. The highest BCUT2D eigenvalue weighted by Gasteiger charge is 2.38. The molecule has 1 aromatic carbocycles. The van der Waals surface area contributed by atoms with Crippen molar-refractivity contribution in [2.75, 3.05) is 20.6 Å². The van der Waals surface area contributed by atoms with E-state index >= 15 is 0 Å². The normalized spacial score (nSPS) is 24.2. The monoisotopic (exact) mass is 319 g/mol. The van der Waals surface area contributed by atoms with E-state index in [1.165, 1.54) is 5.56 Å². The average molecular weight is 319 g/mol. The summed E-state index contributed by atoms with van der Waals surface area (Å²) in [7, 11) is 4.20. The summed E-state index contributed by atoms with van der Waals surface area (Å²) in [6, 6.07) is 10.6. The van der Waals surface area contributed by atoms with Crippen LogP contribution in [0.15, 0.2) is 30.3 Å². The van der Waals surface area contributed by atoms with Gasteiger partial charge in [0, 0.05) is 11.6 Å². The molecule has 0 heterocycles. The average Bonchev–Trinajstić information content (AvgIpc) is 2.54. The molecule has 0 saturated heterocycles. The minimum atomic E-state index is -1.18. The Bertz CT molecular complexity index is 537. The number of nitrogens with zero attached hydrogens (tertiary/aromatic N) is 1. The Kier molecular flexibility index (Phi) is 5.60. The van der Waals surface area contributed by atoms with Crippen LogP contribution in [-0.4, -0.2) is 48.7 Å². The maximum Gasteiger partial charge on any atom is 0.405 e.